The highest BCUT2D eigenvalue weighted by atomic mass is 16.5. The van der Waals surface area contributed by atoms with Gasteiger partial charge in [0.25, 0.3) is 5.91 Å². The number of ether oxygens (including phenoxy) is 1. The Labute approximate surface area is 153 Å². The summed E-state index contributed by atoms with van der Waals surface area (Å²) < 4.78 is 6.80. The van der Waals surface area contributed by atoms with E-state index in [1.165, 1.54) is 0 Å². The van der Waals surface area contributed by atoms with Gasteiger partial charge in [0.05, 0.1) is 7.11 Å². The normalized spacial score (nSPS) is 10.5. The fourth-order valence-corrected chi connectivity index (χ4v) is 2.76. The van der Waals surface area contributed by atoms with Gasteiger partial charge in [-0.2, -0.15) is 5.10 Å². The zero-order valence-electron chi connectivity index (χ0n) is 15.0. The van der Waals surface area contributed by atoms with Gasteiger partial charge in [0.2, 0.25) is 0 Å². The van der Waals surface area contributed by atoms with Crippen LogP contribution in [0.25, 0.3) is 0 Å². The van der Waals surface area contributed by atoms with Crippen LogP contribution in [0.5, 0.6) is 5.75 Å². The predicted molar refractivity (Wildman–Crippen MR) is 98.9 cm³/mol. The van der Waals surface area contributed by atoms with Gasteiger partial charge in [-0.1, -0.05) is 12.1 Å². The lowest BCUT2D eigenvalue weighted by Gasteiger charge is -2.23. The number of aromatic nitrogens is 3. The molecule has 0 unspecified atom stereocenters. The number of hydrogen-bond acceptors (Lipinski definition) is 4. The Balaban J connectivity index is 1.75. The van der Waals surface area contributed by atoms with Gasteiger partial charge >= 0.3 is 0 Å². The van der Waals surface area contributed by atoms with Crippen LogP contribution >= 0.6 is 0 Å². The van der Waals surface area contributed by atoms with Gasteiger partial charge in [0.15, 0.2) is 0 Å². The topological polar surface area (TPSA) is 60.2 Å². The molecule has 6 nitrogen and oxygen atoms in total. The summed E-state index contributed by atoms with van der Waals surface area (Å²) in [5, 5.41) is 4.11. The second-order valence-corrected chi connectivity index (χ2v) is 6.02. The number of benzene rings is 1. The zero-order valence-corrected chi connectivity index (χ0v) is 15.0. The summed E-state index contributed by atoms with van der Waals surface area (Å²) in [6, 6.07) is 13.5. The molecule has 1 amide bonds. The first-order valence-electron chi connectivity index (χ1n) is 8.46. The quantitative estimate of drug-likeness (QED) is 0.657. The van der Waals surface area contributed by atoms with Crippen LogP contribution in [-0.2, 0) is 20.0 Å². The summed E-state index contributed by atoms with van der Waals surface area (Å²) in [6.45, 7) is 1.14. The summed E-state index contributed by atoms with van der Waals surface area (Å²) in [5.74, 6) is 0.795. The molecule has 1 aromatic carbocycles. The molecule has 0 aliphatic heterocycles. The second-order valence-electron chi connectivity index (χ2n) is 6.02. The van der Waals surface area contributed by atoms with E-state index in [0.29, 0.717) is 18.8 Å². The van der Waals surface area contributed by atoms with Crippen molar-refractivity contribution in [2.75, 3.05) is 13.7 Å². The molecule has 134 valence electrons. The molecule has 0 spiro atoms. The zero-order chi connectivity index (χ0) is 18.4. The van der Waals surface area contributed by atoms with Crippen LogP contribution in [0.1, 0.15) is 21.6 Å². The number of aryl methyl sites for hydroxylation is 1. The number of rotatable bonds is 7. The molecule has 3 aromatic rings. The van der Waals surface area contributed by atoms with Crippen molar-refractivity contribution in [3.05, 3.63) is 77.9 Å². The van der Waals surface area contributed by atoms with Crippen LogP contribution in [-0.4, -0.2) is 39.2 Å². The molecule has 2 heterocycles. The summed E-state index contributed by atoms with van der Waals surface area (Å²) in [5.41, 5.74) is 2.78. The van der Waals surface area contributed by atoms with E-state index in [4.69, 9.17) is 4.74 Å². The van der Waals surface area contributed by atoms with Crippen molar-refractivity contribution in [3.8, 4) is 5.75 Å². The highest BCUT2D eigenvalue weighted by Gasteiger charge is 2.19. The molecule has 0 N–H and O–H groups in total. The maximum Gasteiger partial charge on any atom is 0.272 e. The number of amides is 1. The fourth-order valence-electron chi connectivity index (χ4n) is 2.76. The number of nitrogens with zero attached hydrogens (tertiary/aromatic N) is 4. The van der Waals surface area contributed by atoms with E-state index >= 15 is 0 Å². The van der Waals surface area contributed by atoms with Gasteiger partial charge < -0.3 is 9.64 Å². The summed E-state index contributed by atoms with van der Waals surface area (Å²) in [7, 11) is 3.43. The van der Waals surface area contributed by atoms with E-state index in [9.17, 15) is 4.79 Å². The van der Waals surface area contributed by atoms with E-state index in [2.05, 4.69) is 10.1 Å². The molecule has 26 heavy (non-hydrogen) atoms. The van der Waals surface area contributed by atoms with Gasteiger partial charge in [-0.15, -0.1) is 0 Å². The molecule has 0 aliphatic carbocycles. The van der Waals surface area contributed by atoms with E-state index < -0.39 is 0 Å². The van der Waals surface area contributed by atoms with Gasteiger partial charge in [-0.25, -0.2) is 0 Å². The Bertz CT molecular complexity index is 844. The standard InChI is InChI=1S/C20H22N4O2/c1-23-19(9-13-22-23)20(25)24(15-17-7-11-21-12-8-17)14-10-16-3-5-18(26-2)6-4-16/h3-9,11-13H,10,14-15H2,1-2H3. The Morgan fingerprint density at radius 3 is 2.38 bits per heavy atom. The van der Waals surface area contributed by atoms with Crippen molar-refractivity contribution in [2.24, 2.45) is 7.05 Å². The van der Waals surface area contributed by atoms with Crippen LogP contribution in [0, 0.1) is 0 Å². The minimum absolute atomic E-state index is 0.0321. The molecule has 0 saturated heterocycles. The van der Waals surface area contributed by atoms with Crippen LogP contribution < -0.4 is 4.74 Å². The largest absolute Gasteiger partial charge is 0.497 e. The van der Waals surface area contributed by atoms with Crippen molar-refractivity contribution in [1.29, 1.82) is 0 Å². The monoisotopic (exact) mass is 350 g/mol. The molecular weight excluding hydrogens is 328 g/mol. The molecule has 0 radical (unpaired) electrons. The maximum absolute atomic E-state index is 13.0. The van der Waals surface area contributed by atoms with Gasteiger partial charge in [-0.05, 0) is 47.9 Å². The predicted octanol–water partition coefficient (Wildman–Crippen LogP) is 2.71. The minimum atomic E-state index is -0.0321. The Morgan fingerprint density at radius 1 is 1.04 bits per heavy atom. The number of carbonyl (C=O) groups excluding carboxylic acids is 1. The van der Waals surface area contributed by atoms with E-state index in [1.807, 2.05) is 41.3 Å². The molecule has 0 aliphatic rings. The molecule has 3 rings (SSSR count). The lowest BCUT2D eigenvalue weighted by Crippen LogP contribution is -2.33. The third-order valence-corrected chi connectivity index (χ3v) is 4.28. The Hall–Kier alpha value is -3.15. The summed E-state index contributed by atoms with van der Waals surface area (Å²) >= 11 is 0. The first kappa shape index (κ1) is 17.7. The number of pyridine rings is 1. The molecule has 0 saturated carbocycles. The SMILES string of the molecule is COc1ccc(CCN(Cc2ccncc2)C(=O)c2ccnn2C)cc1. The third kappa shape index (κ3) is 4.27. The molecular formula is C20H22N4O2. The molecule has 0 atom stereocenters. The minimum Gasteiger partial charge on any atom is -0.497 e. The Kier molecular flexibility index (Phi) is 5.63. The van der Waals surface area contributed by atoms with Crippen molar-refractivity contribution >= 4 is 5.91 Å². The average Bonchev–Trinajstić information content (AvgIpc) is 3.11. The van der Waals surface area contributed by atoms with E-state index in [-0.39, 0.29) is 5.91 Å². The number of carbonyl (C=O) groups is 1. The Morgan fingerprint density at radius 2 is 1.77 bits per heavy atom. The third-order valence-electron chi connectivity index (χ3n) is 4.28. The molecule has 0 bridgehead atoms. The van der Waals surface area contributed by atoms with Gasteiger partial charge in [-0.3, -0.25) is 14.5 Å². The summed E-state index contributed by atoms with van der Waals surface area (Å²) in [4.78, 5) is 18.9. The van der Waals surface area contributed by atoms with E-state index in [1.54, 1.807) is 43.5 Å². The van der Waals surface area contributed by atoms with Crippen LogP contribution in [0.3, 0.4) is 0 Å². The van der Waals surface area contributed by atoms with Crippen molar-refractivity contribution in [2.45, 2.75) is 13.0 Å². The van der Waals surface area contributed by atoms with Gasteiger partial charge in [0, 0.05) is 38.7 Å². The lowest BCUT2D eigenvalue weighted by molar-refractivity contribution is 0.0734. The van der Waals surface area contributed by atoms with E-state index in [0.717, 1.165) is 23.3 Å². The lowest BCUT2D eigenvalue weighted by atomic mass is 10.1. The van der Waals surface area contributed by atoms with Crippen LogP contribution in [0.4, 0.5) is 0 Å². The molecule has 2 aromatic heterocycles. The second kappa shape index (κ2) is 8.29. The first-order chi connectivity index (χ1) is 12.7. The maximum atomic E-state index is 13.0. The summed E-state index contributed by atoms with van der Waals surface area (Å²) in [6.07, 6.45) is 5.89. The molecule has 0 fully saturated rings. The average molecular weight is 350 g/mol. The van der Waals surface area contributed by atoms with Crippen molar-refractivity contribution < 1.29 is 9.53 Å². The van der Waals surface area contributed by atoms with Crippen LogP contribution in [0.15, 0.2) is 61.1 Å². The molecule has 6 heteroatoms. The highest BCUT2D eigenvalue weighted by molar-refractivity contribution is 5.92. The first-order valence-corrected chi connectivity index (χ1v) is 8.46. The number of hydrogen-bond donors (Lipinski definition) is 0. The fraction of sp³-hybridized carbons (Fsp3) is 0.250. The highest BCUT2D eigenvalue weighted by Crippen LogP contribution is 2.14. The van der Waals surface area contributed by atoms with Crippen molar-refractivity contribution in [1.82, 2.24) is 19.7 Å². The number of methoxy groups -OCH3 is 1. The smallest absolute Gasteiger partial charge is 0.272 e. The van der Waals surface area contributed by atoms with Crippen molar-refractivity contribution in [3.63, 3.8) is 0 Å². The van der Waals surface area contributed by atoms with Crippen LogP contribution in [0.2, 0.25) is 0 Å². The van der Waals surface area contributed by atoms with Gasteiger partial charge in [0.1, 0.15) is 11.4 Å².